The number of hydrogen-bond acceptors (Lipinski definition) is 3. The van der Waals surface area contributed by atoms with Crippen LogP contribution >= 0.6 is 0 Å². The van der Waals surface area contributed by atoms with Crippen molar-refractivity contribution in [1.82, 2.24) is 5.32 Å². The molecule has 0 amide bonds. The van der Waals surface area contributed by atoms with E-state index in [1.165, 1.54) is 0 Å². The van der Waals surface area contributed by atoms with Crippen molar-refractivity contribution in [1.29, 1.82) is 0 Å². The van der Waals surface area contributed by atoms with Crippen LogP contribution in [0.2, 0.25) is 0 Å². The first-order valence-electron chi connectivity index (χ1n) is 4.87. The largest absolute Gasteiger partial charge is 0.454 e. The molecule has 3 heteroatoms. The molecule has 0 aliphatic carbocycles. The van der Waals surface area contributed by atoms with Gasteiger partial charge in [-0.25, -0.2) is 0 Å². The first-order chi connectivity index (χ1) is 7.31. The molecule has 1 aromatic rings. The van der Waals surface area contributed by atoms with Gasteiger partial charge in [0, 0.05) is 6.04 Å². The molecule has 0 aromatic heterocycles. The summed E-state index contributed by atoms with van der Waals surface area (Å²) in [5.74, 6) is 4.17. The summed E-state index contributed by atoms with van der Waals surface area (Å²) in [5, 5.41) is 3.21. The highest BCUT2D eigenvalue weighted by Crippen LogP contribution is 2.33. The van der Waals surface area contributed by atoms with Crippen LogP contribution in [0.25, 0.3) is 0 Å². The van der Waals surface area contributed by atoms with Gasteiger partial charge in [0.2, 0.25) is 6.79 Å². The number of nitrogens with one attached hydrogen (secondary N) is 1. The summed E-state index contributed by atoms with van der Waals surface area (Å²) in [6, 6.07) is 6.14. The predicted octanol–water partition coefficient (Wildman–Crippen LogP) is 1.70. The Labute approximate surface area is 89.4 Å². The molecule has 15 heavy (non-hydrogen) atoms. The number of benzene rings is 1. The molecule has 0 saturated carbocycles. The van der Waals surface area contributed by atoms with Crippen molar-refractivity contribution >= 4 is 0 Å². The van der Waals surface area contributed by atoms with Crippen molar-refractivity contribution in [3.05, 3.63) is 23.8 Å². The summed E-state index contributed by atoms with van der Waals surface area (Å²) < 4.78 is 10.5. The van der Waals surface area contributed by atoms with E-state index in [1.54, 1.807) is 0 Å². The number of terminal acetylenes is 1. The van der Waals surface area contributed by atoms with E-state index in [4.69, 9.17) is 15.9 Å². The topological polar surface area (TPSA) is 30.5 Å². The number of hydrogen-bond donors (Lipinski definition) is 1. The Hall–Kier alpha value is -1.66. The van der Waals surface area contributed by atoms with Gasteiger partial charge in [-0.1, -0.05) is 12.0 Å². The molecular formula is C12H13NO2. The fraction of sp³-hybridized carbons (Fsp3) is 0.333. The monoisotopic (exact) mass is 203 g/mol. The third-order valence-electron chi connectivity index (χ3n) is 2.41. The smallest absolute Gasteiger partial charge is 0.231 e. The van der Waals surface area contributed by atoms with Crippen LogP contribution in [0.3, 0.4) is 0 Å². The molecule has 2 rings (SSSR count). The summed E-state index contributed by atoms with van der Waals surface area (Å²) in [7, 11) is 0. The minimum atomic E-state index is 0.218. The molecule has 1 atom stereocenters. The molecule has 0 bridgehead atoms. The van der Waals surface area contributed by atoms with Crippen molar-refractivity contribution in [2.24, 2.45) is 0 Å². The molecule has 0 saturated heterocycles. The maximum absolute atomic E-state index is 5.30. The Balaban J connectivity index is 2.12. The maximum atomic E-state index is 5.30. The predicted molar refractivity (Wildman–Crippen MR) is 57.8 cm³/mol. The summed E-state index contributed by atoms with van der Waals surface area (Å²) in [6.45, 7) is 2.94. The molecule has 3 nitrogen and oxygen atoms in total. The van der Waals surface area contributed by atoms with Gasteiger partial charge >= 0.3 is 0 Å². The third kappa shape index (κ3) is 2.05. The van der Waals surface area contributed by atoms with Crippen LogP contribution in [0, 0.1) is 12.3 Å². The van der Waals surface area contributed by atoms with E-state index < -0.39 is 0 Å². The van der Waals surface area contributed by atoms with Gasteiger partial charge in [-0.2, -0.15) is 0 Å². The molecule has 1 aliphatic heterocycles. The van der Waals surface area contributed by atoms with Gasteiger partial charge in [-0.05, 0) is 24.6 Å². The third-order valence-corrected chi connectivity index (χ3v) is 2.41. The molecule has 1 heterocycles. The van der Waals surface area contributed by atoms with E-state index in [9.17, 15) is 0 Å². The van der Waals surface area contributed by atoms with Crippen molar-refractivity contribution in [3.63, 3.8) is 0 Å². The summed E-state index contributed by atoms with van der Waals surface area (Å²) in [5.41, 5.74) is 1.15. The van der Waals surface area contributed by atoms with Crippen LogP contribution in [-0.4, -0.2) is 13.3 Å². The summed E-state index contributed by atoms with van der Waals surface area (Å²) in [6.07, 6.45) is 5.19. The molecular weight excluding hydrogens is 190 g/mol. The van der Waals surface area contributed by atoms with Gasteiger partial charge in [-0.3, -0.25) is 5.32 Å². The average molecular weight is 203 g/mol. The second-order valence-electron chi connectivity index (χ2n) is 3.42. The quantitative estimate of drug-likeness (QED) is 0.758. The van der Waals surface area contributed by atoms with Gasteiger partial charge in [0.25, 0.3) is 0 Å². The van der Waals surface area contributed by atoms with E-state index in [-0.39, 0.29) is 6.04 Å². The zero-order valence-electron chi connectivity index (χ0n) is 8.62. The lowest BCUT2D eigenvalue weighted by atomic mass is 10.1. The average Bonchev–Trinajstić information content (AvgIpc) is 2.72. The Morgan fingerprint density at radius 2 is 2.27 bits per heavy atom. The maximum Gasteiger partial charge on any atom is 0.231 e. The minimum absolute atomic E-state index is 0.218. The van der Waals surface area contributed by atoms with Gasteiger partial charge < -0.3 is 9.47 Å². The first-order valence-corrected chi connectivity index (χ1v) is 4.87. The fourth-order valence-corrected chi connectivity index (χ4v) is 1.51. The lowest BCUT2D eigenvalue weighted by Gasteiger charge is -2.12. The first kappa shape index (κ1) is 9.88. The van der Waals surface area contributed by atoms with Crippen molar-refractivity contribution in [2.45, 2.75) is 13.0 Å². The van der Waals surface area contributed by atoms with Gasteiger partial charge in [-0.15, -0.1) is 6.42 Å². The Bertz CT molecular complexity index is 395. The van der Waals surface area contributed by atoms with E-state index in [0.717, 1.165) is 17.1 Å². The molecule has 78 valence electrons. The highest BCUT2D eigenvalue weighted by molar-refractivity contribution is 5.45. The molecule has 1 N–H and O–H groups in total. The lowest BCUT2D eigenvalue weighted by Crippen LogP contribution is -2.18. The Morgan fingerprint density at radius 3 is 3.07 bits per heavy atom. The molecule has 1 aromatic carbocycles. The number of fused-ring (bicyclic) bond motifs is 1. The van der Waals surface area contributed by atoms with E-state index >= 15 is 0 Å². The van der Waals surface area contributed by atoms with Crippen molar-refractivity contribution in [2.75, 3.05) is 13.3 Å². The molecule has 0 fully saturated rings. The van der Waals surface area contributed by atoms with Crippen molar-refractivity contribution < 1.29 is 9.47 Å². The van der Waals surface area contributed by atoms with E-state index in [2.05, 4.69) is 18.2 Å². The Morgan fingerprint density at radius 1 is 1.47 bits per heavy atom. The highest BCUT2D eigenvalue weighted by Gasteiger charge is 2.15. The van der Waals surface area contributed by atoms with Gasteiger partial charge in [0.05, 0.1) is 6.54 Å². The van der Waals surface area contributed by atoms with Crippen LogP contribution < -0.4 is 14.8 Å². The molecule has 0 radical (unpaired) electrons. The van der Waals surface area contributed by atoms with Crippen molar-refractivity contribution in [3.8, 4) is 23.8 Å². The number of rotatable bonds is 3. The van der Waals surface area contributed by atoms with Crippen LogP contribution in [0.1, 0.15) is 18.5 Å². The zero-order valence-corrected chi connectivity index (χ0v) is 8.62. The van der Waals surface area contributed by atoms with Crippen LogP contribution in [0.15, 0.2) is 18.2 Å². The number of ether oxygens (including phenoxy) is 2. The second kappa shape index (κ2) is 4.24. The van der Waals surface area contributed by atoms with Gasteiger partial charge in [0.15, 0.2) is 11.5 Å². The summed E-state index contributed by atoms with van der Waals surface area (Å²) >= 11 is 0. The minimum Gasteiger partial charge on any atom is -0.454 e. The standard InChI is InChI=1S/C12H13NO2/c1-3-6-13-9(2)10-4-5-11-12(7-10)15-8-14-11/h1,4-5,7,9,13H,6,8H2,2H3. The second-order valence-corrected chi connectivity index (χ2v) is 3.42. The zero-order chi connectivity index (χ0) is 10.7. The van der Waals surface area contributed by atoms with Gasteiger partial charge in [0.1, 0.15) is 0 Å². The molecule has 1 aliphatic rings. The highest BCUT2D eigenvalue weighted by atomic mass is 16.7. The summed E-state index contributed by atoms with van der Waals surface area (Å²) in [4.78, 5) is 0. The molecule has 1 unspecified atom stereocenters. The van der Waals surface area contributed by atoms with E-state index in [1.807, 2.05) is 18.2 Å². The van der Waals surface area contributed by atoms with Crippen LogP contribution in [0.5, 0.6) is 11.5 Å². The fourth-order valence-electron chi connectivity index (χ4n) is 1.51. The molecule has 0 spiro atoms. The SMILES string of the molecule is C#CCNC(C)c1ccc2c(c1)OCO2. The lowest BCUT2D eigenvalue weighted by molar-refractivity contribution is 0.174. The normalized spacial score (nSPS) is 14.7. The van der Waals surface area contributed by atoms with Crippen LogP contribution in [0.4, 0.5) is 0 Å². The van der Waals surface area contributed by atoms with Crippen LogP contribution in [-0.2, 0) is 0 Å². The Kier molecular flexibility index (Phi) is 2.79. The van der Waals surface area contributed by atoms with E-state index in [0.29, 0.717) is 13.3 Å².